The maximum Gasteiger partial charge on any atom is 0.294 e. The Labute approximate surface area is 138 Å². The van der Waals surface area contributed by atoms with Crippen molar-refractivity contribution in [2.75, 3.05) is 7.11 Å². The Morgan fingerprint density at radius 1 is 1.17 bits per heavy atom. The molecule has 0 aliphatic heterocycles. The lowest BCUT2D eigenvalue weighted by Gasteiger charge is -2.11. The Morgan fingerprint density at radius 3 is 2.62 bits per heavy atom. The summed E-state index contributed by atoms with van der Waals surface area (Å²) in [5.41, 5.74) is 1.74. The van der Waals surface area contributed by atoms with Gasteiger partial charge in [0.25, 0.3) is 10.1 Å². The van der Waals surface area contributed by atoms with Gasteiger partial charge in [-0.15, -0.1) is 0 Å². The zero-order valence-electron chi connectivity index (χ0n) is 12.6. The Balaban J connectivity index is 2.27. The van der Waals surface area contributed by atoms with Gasteiger partial charge in [0.1, 0.15) is 5.75 Å². The van der Waals surface area contributed by atoms with Crippen molar-refractivity contribution in [2.24, 2.45) is 0 Å². The monoisotopic (exact) mass is 340 g/mol. The number of methoxy groups -OCH3 is 1. The minimum absolute atomic E-state index is 0.182. The molecule has 0 radical (unpaired) electrons. The normalized spacial score (nSPS) is 11.2. The van der Waals surface area contributed by atoms with E-state index >= 15 is 0 Å². The summed E-state index contributed by atoms with van der Waals surface area (Å²) < 4.78 is 37.1. The highest BCUT2D eigenvalue weighted by Crippen LogP contribution is 2.34. The lowest BCUT2D eigenvalue weighted by atomic mass is 10.0. The summed E-state index contributed by atoms with van der Waals surface area (Å²) in [6, 6.07) is 13.0. The summed E-state index contributed by atoms with van der Waals surface area (Å²) in [7, 11) is -2.77. The van der Waals surface area contributed by atoms with Crippen molar-refractivity contribution >= 4 is 20.9 Å². The van der Waals surface area contributed by atoms with Crippen LogP contribution in [0.15, 0.2) is 53.6 Å². The number of nitriles is 1. The van der Waals surface area contributed by atoms with E-state index in [-0.39, 0.29) is 4.90 Å². The lowest BCUT2D eigenvalue weighted by molar-refractivity contribution is 0.416. The standard InChI is InChI=1S/C17H12N2O4S/c1-23-16-8-11(10-18)2-4-15(16)17-14-5-3-13(24(20,21)22)9-12(14)6-7-19-17/h2-9H,1H3,(H,20,21,22). The molecule has 0 fully saturated rings. The van der Waals surface area contributed by atoms with Crippen LogP contribution in [-0.4, -0.2) is 25.1 Å². The van der Waals surface area contributed by atoms with Gasteiger partial charge in [-0.1, -0.05) is 6.07 Å². The van der Waals surface area contributed by atoms with Gasteiger partial charge in [-0.3, -0.25) is 9.54 Å². The minimum Gasteiger partial charge on any atom is -0.496 e. The predicted molar refractivity (Wildman–Crippen MR) is 88.3 cm³/mol. The second-order valence-electron chi connectivity index (χ2n) is 5.04. The third-order valence-electron chi connectivity index (χ3n) is 3.62. The van der Waals surface area contributed by atoms with Crippen LogP contribution in [0, 0.1) is 11.3 Å². The Bertz CT molecular complexity index is 1090. The molecule has 0 atom stereocenters. The number of fused-ring (bicyclic) bond motifs is 1. The van der Waals surface area contributed by atoms with E-state index in [1.54, 1.807) is 36.5 Å². The van der Waals surface area contributed by atoms with E-state index in [9.17, 15) is 13.0 Å². The van der Waals surface area contributed by atoms with Gasteiger partial charge >= 0.3 is 0 Å². The molecule has 0 saturated carbocycles. The van der Waals surface area contributed by atoms with E-state index in [1.165, 1.54) is 19.2 Å². The van der Waals surface area contributed by atoms with Gasteiger partial charge in [0.05, 0.1) is 29.3 Å². The van der Waals surface area contributed by atoms with E-state index in [4.69, 9.17) is 10.00 Å². The van der Waals surface area contributed by atoms with E-state index < -0.39 is 10.1 Å². The van der Waals surface area contributed by atoms with Crippen molar-refractivity contribution in [3.63, 3.8) is 0 Å². The van der Waals surface area contributed by atoms with Crippen LogP contribution in [0.3, 0.4) is 0 Å². The number of hydrogen-bond donors (Lipinski definition) is 1. The average molecular weight is 340 g/mol. The Hall–Kier alpha value is -2.95. The van der Waals surface area contributed by atoms with Crippen LogP contribution in [0.4, 0.5) is 0 Å². The van der Waals surface area contributed by atoms with Gasteiger partial charge in [-0.05, 0) is 41.8 Å². The number of hydrogen-bond acceptors (Lipinski definition) is 5. The van der Waals surface area contributed by atoms with Gasteiger partial charge in [0.2, 0.25) is 0 Å². The van der Waals surface area contributed by atoms with Crippen LogP contribution in [0.2, 0.25) is 0 Å². The first-order valence-corrected chi connectivity index (χ1v) is 8.33. The number of pyridine rings is 1. The van der Waals surface area contributed by atoms with Crippen molar-refractivity contribution in [1.82, 2.24) is 4.98 Å². The van der Waals surface area contributed by atoms with Crippen molar-refractivity contribution in [3.05, 3.63) is 54.2 Å². The van der Waals surface area contributed by atoms with Gasteiger partial charge in [0, 0.05) is 17.1 Å². The van der Waals surface area contributed by atoms with Crippen molar-refractivity contribution in [1.29, 1.82) is 5.26 Å². The number of nitrogens with zero attached hydrogens (tertiary/aromatic N) is 2. The fourth-order valence-electron chi connectivity index (χ4n) is 2.49. The average Bonchev–Trinajstić information content (AvgIpc) is 2.59. The molecule has 3 rings (SSSR count). The fraction of sp³-hybridized carbons (Fsp3) is 0.0588. The van der Waals surface area contributed by atoms with Gasteiger partial charge in [-0.25, -0.2) is 0 Å². The highest BCUT2D eigenvalue weighted by atomic mass is 32.2. The van der Waals surface area contributed by atoms with Crippen molar-refractivity contribution in [3.8, 4) is 23.1 Å². The van der Waals surface area contributed by atoms with Crippen LogP contribution in [-0.2, 0) is 10.1 Å². The summed E-state index contributed by atoms with van der Waals surface area (Å²) in [6.45, 7) is 0. The first kappa shape index (κ1) is 15.9. The summed E-state index contributed by atoms with van der Waals surface area (Å²) in [4.78, 5) is 4.18. The van der Waals surface area contributed by atoms with Crippen LogP contribution in [0.25, 0.3) is 22.0 Å². The molecule has 7 heteroatoms. The number of ether oxygens (including phenoxy) is 1. The zero-order valence-corrected chi connectivity index (χ0v) is 13.4. The van der Waals surface area contributed by atoms with E-state index in [0.29, 0.717) is 33.3 Å². The van der Waals surface area contributed by atoms with Crippen LogP contribution in [0.5, 0.6) is 5.75 Å². The molecule has 0 saturated heterocycles. The Kier molecular flexibility index (Phi) is 3.93. The molecule has 1 aromatic heterocycles. The first-order chi connectivity index (χ1) is 11.4. The summed E-state index contributed by atoms with van der Waals surface area (Å²) in [6.07, 6.45) is 1.54. The minimum atomic E-state index is -4.27. The second kappa shape index (κ2) is 5.92. The van der Waals surface area contributed by atoms with E-state index in [2.05, 4.69) is 4.98 Å². The SMILES string of the molecule is COc1cc(C#N)ccc1-c1nccc2cc(S(=O)(=O)O)ccc12. The Morgan fingerprint density at radius 2 is 1.96 bits per heavy atom. The number of benzene rings is 2. The first-order valence-electron chi connectivity index (χ1n) is 6.89. The molecule has 0 bridgehead atoms. The summed E-state index contributed by atoms with van der Waals surface area (Å²) in [5.74, 6) is 0.493. The molecule has 0 aliphatic rings. The van der Waals surface area contributed by atoms with Gasteiger partial charge in [0.15, 0.2) is 0 Å². The molecular formula is C17H12N2O4S. The maximum atomic E-state index is 11.3. The molecule has 1 heterocycles. The molecule has 120 valence electrons. The van der Waals surface area contributed by atoms with E-state index in [1.807, 2.05) is 6.07 Å². The van der Waals surface area contributed by atoms with Crippen LogP contribution in [0.1, 0.15) is 5.56 Å². The third kappa shape index (κ3) is 2.80. The molecule has 24 heavy (non-hydrogen) atoms. The van der Waals surface area contributed by atoms with Gasteiger partial charge < -0.3 is 4.74 Å². The largest absolute Gasteiger partial charge is 0.496 e. The molecule has 0 aliphatic carbocycles. The molecule has 2 aromatic carbocycles. The summed E-state index contributed by atoms with van der Waals surface area (Å²) >= 11 is 0. The molecular weight excluding hydrogens is 328 g/mol. The molecule has 3 aromatic rings. The van der Waals surface area contributed by atoms with Crippen LogP contribution < -0.4 is 4.74 Å². The molecule has 1 N–H and O–H groups in total. The summed E-state index contributed by atoms with van der Waals surface area (Å²) in [5, 5.41) is 10.3. The van der Waals surface area contributed by atoms with Crippen molar-refractivity contribution < 1.29 is 17.7 Å². The highest BCUT2D eigenvalue weighted by Gasteiger charge is 2.15. The molecule has 0 unspecified atom stereocenters. The van der Waals surface area contributed by atoms with E-state index in [0.717, 1.165) is 0 Å². The number of rotatable bonds is 3. The zero-order chi connectivity index (χ0) is 17.3. The smallest absolute Gasteiger partial charge is 0.294 e. The molecule has 6 nitrogen and oxygen atoms in total. The highest BCUT2D eigenvalue weighted by molar-refractivity contribution is 7.85. The molecule has 0 amide bonds. The lowest BCUT2D eigenvalue weighted by Crippen LogP contribution is -1.98. The van der Waals surface area contributed by atoms with Crippen LogP contribution >= 0.6 is 0 Å². The van der Waals surface area contributed by atoms with Gasteiger partial charge in [-0.2, -0.15) is 13.7 Å². The second-order valence-corrected chi connectivity index (χ2v) is 6.47. The third-order valence-corrected chi connectivity index (χ3v) is 4.47. The van der Waals surface area contributed by atoms with Crippen molar-refractivity contribution in [2.45, 2.75) is 4.90 Å². The number of aromatic nitrogens is 1. The quantitative estimate of drug-likeness (QED) is 0.736. The maximum absolute atomic E-state index is 11.3. The predicted octanol–water partition coefficient (Wildman–Crippen LogP) is 3.03. The topological polar surface area (TPSA) is 100 Å². The fourth-order valence-corrected chi connectivity index (χ4v) is 3.00. The molecule has 0 spiro atoms.